The van der Waals surface area contributed by atoms with Crippen molar-refractivity contribution in [3.8, 4) is 0 Å². The van der Waals surface area contributed by atoms with Gasteiger partial charge in [-0.2, -0.15) is 0 Å². The maximum Gasteiger partial charge on any atom is 0.0388 e. The highest BCUT2D eigenvalue weighted by molar-refractivity contribution is 4.83. The molecule has 0 saturated heterocycles. The van der Waals surface area contributed by atoms with Crippen molar-refractivity contribution in [2.75, 3.05) is 39.3 Å². The fourth-order valence-electron chi connectivity index (χ4n) is 0.952. The first-order chi connectivity index (χ1) is 11.7. The molecule has 12 nitrogen and oxygen atoms in total. The molecule has 0 atom stereocenters. The third-order valence-corrected chi connectivity index (χ3v) is 2.00. The van der Waals surface area contributed by atoms with Crippen molar-refractivity contribution in [1.29, 1.82) is 0 Å². The SMILES string of the molecule is ONC/C=C\CNO.ONCC=CCNO.ONCCCCNO. The number of hydroxylamine groups is 6. The number of rotatable bonds is 13. The van der Waals surface area contributed by atoms with Crippen molar-refractivity contribution in [2.45, 2.75) is 12.8 Å². The second-order valence-corrected chi connectivity index (χ2v) is 3.92. The monoisotopic (exact) mass is 356 g/mol. The fraction of sp³-hybridized carbons (Fsp3) is 0.667. The van der Waals surface area contributed by atoms with Crippen LogP contribution in [-0.4, -0.2) is 70.5 Å². The maximum atomic E-state index is 8.03. The van der Waals surface area contributed by atoms with E-state index in [0.29, 0.717) is 39.3 Å². The summed E-state index contributed by atoms with van der Waals surface area (Å²) in [5.74, 6) is 0. The topological polar surface area (TPSA) is 194 Å². The Morgan fingerprint density at radius 2 is 0.667 bits per heavy atom. The highest BCUT2D eigenvalue weighted by Crippen LogP contribution is 1.81. The van der Waals surface area contributed by atoms with Gasteiger partial charge in [-0.05, 0) is 12.8 Å². The van der Waals surface area contributed by atoms with E-state index in [-0.39, 0.29) is 0 Å². The van der Waals surface area contributed by atoms with Crippen molar-refractivity contribution >= 4 is 0 Å². The molecule has 0 aromatic rings. The van der Waals surface area contributed by atoms with Gasteiger partial charge in [0.05, 0.1) is 0 Å². The first-order valence-electron chi connectivity index (χ1n) is 7.26. The molecule has 0 fully saturated rings. The molecule has 0 heterocycles. The fourth-order valence-corrected chi connectivity index (χ4v) is 0.952. The number of hydrogen-bond donors (Lipinski definition) is 12. The Hall–Kier alpha value is -1.00. The summed E-state index contributed by atoms with van der Waals surface area (Å²) in [6.07, 6.45) is 8.47. The lowest BCUT2D eigenvalue weighted by Gasteiger charge is -1.95. The Morgan fingerprint density at radius 3 is 0.833 bits per heavy atom. The zero-order valence-corrected chi connectivity index (χ0v) is 13.6. The van der Waals surface area contributed by atoms with Crippen LogP contribution in [0.5, 0.6) is 0 Å². The van der Waals surface area contributed by atoms with E-state index in [1.807, 2.05) is 32.9 Å². The maximum absolute atomic E-state index is 8.03. The zero-order valence-electron chi connectivity index (χ0n) is 13.6. The predicted octanol–water partition coefficient (Wildman–Crippen LogP) is -1.28. The van der Waals surface area contributed by atoms with Crippen molar-refractivity contribution < 1.29 is 31.2 Å². The van der Waals surface area contributed by atoms with Crippen LogP contribution < -0.4 is 32.9 Å². The van der Waals surface area contributed by atoms with Crippen LogP contribution in [0.15, 0.2) is 24.3 Å². The van der Waals surface area contributed by atoms with Gasteiger partial charge < -0.3 is 31.2 Å². The van der Waals surface area contributed by atoms with Gasteiger partial charge in [0.1, 0.15) is 0 Å². The summed E-state index contributed by atoms with van der Waals surface area (Å²) in [7, 11) is 0. The Bertz CT molecular complexity index is 208. The van der Waals surface area contributed by atoms with Crippen molar-refractivity contribution in [1.82, 2.24) is 32.9 Å². The highest BCUT2D eigenvalue weighted by atomic mass is 16.5. The van der Waals surface area contributed by atoms with Crippen LogP contribution in [0.2, 0.25) is 0 Å². The van der Waals surface area contributed by atoms with E-state index in [1.54, 1.807) is 24.3 Å². The Labute approximate surface area is 141 Å². The van der Waals surface area contributed by atoms with Crippen LogP contribution >= 0.6 is 0 Å². The van der Waals surface area contributed by atoms with Gasteiger partial charge in [0, 0.05) is 39.3 Å². The van der Waals surface area contributed by atoms with Crippen LogP contribution in [0.3, 0.4) is 0 Å². The molecule has 0 unspecified atom stereocenters. The molecule has 24 heavy (non-hydrogen) atoms. The molecule has 0 aromatic carbocycles. The minimum Gasteiger partial charge on any atom is -0.317 e. The molecule has 12 heteroatoms. The standard InChI is InChI=1S/C4H12N2O2.2C4H10N2O2/c3*7-5-3-1-2-4-6-8/h5-8H,1-4H2;2*1-2,5-8H,3-4H2/b;2-1-;. The van der Waals surface area contributed by atoms with Gasteiger partial charge in [-0.25, -0.2) is 32.9 Å². The average molecular weight is 356 g/mol. The van der Waals surface area contributed by atoms with Crippen LogP contribution in [0.4, 0.5) is 0 Å². The molecule has 0 aliphatic heterocycles. The van der Waals surface area contributed by atoms with Gasteiger partial charge in [-0.15, -0.1) is 0 Å². The van der Waals surface area contributed by atoms with E-state index in [1.165, 1.54) is 0 Å². The summed E-state index contributed by atoms with van der Waals surface area (Å²) in [4.78, 5) is 0. The minimum absolute atomic E-state index is 0.404. The predicted molar refractivity (Wildman–Crippen MR) is 86.2 cm³/mol. The molecule has 0 rings (SSSR count). The molecule has 0 spiro atoms. The summed E-state index contributed by atoms with van der Waals surface area (Å²) >= 11 is 0. The number of nitrogens with one attached hydrogen (secondary N) is 6. The Kier molecular flexibility index (Phi) is 38.9. The lowest BCUT2D eigenvalue weighted by Crippen LogP contribution is -2.13. The molecule has 0 bridgehead atoms. The normalized spacial score (nSPS) is 10.4. The van der Waals surface area contributed by atoms with Gasteiger partial charge in [0.15, 0.2) is 0 Å². The Morgan fingerprint density at radius 1 is 0.417 bits per heavy atom. The first kappa shape index (κ1) is 27.8. The summed E-state index contributed by atoms with van der Waals surface area (Å²) in [6.45, 7) is 2.79. The minimum atomic E-state index is 0.404. The molecule has 0 radical (unpaired) electrons. The zero-order chi connectivity index (χ0) is 18.7. The molecule has 0 amide bonds. The quantitative estimate of drug-likeness (QED) is 0.106. The van der Waals surface area contributed by atoms with Gasteiger partial charge in [0.2, 0.25) is 0 Å². The van der Waals surface area contributed by atoms with Crippen LogP contribution in [0.25, 0.3) is 0 Å². The third-order valence-electron chi connectivity index (χ3n) is 2.00. The van der Waals surface area contributed by atoms with Crippen molar-refractivity contribution in [3.05, 3.63) is 24.3 Å². The van der Waals surface area contributed by atoms with E-state index in [4.69, 9.17) is 31.2 Å². The molecule has 146 valence electrons. The lowest BCUT2D eigenvalue weighted by molar-refractivity contribution is 0.151. The van der Waals surface area contributed by atoms with Gasteiger partial charge in [0.25, 0.3) is 0 Å². The highest BCUT2D eigenvalue weighted by Gasteiger charge is 1.83. The van der Waals surface area contributed by atoms with Crippen LogP contribution in [-0.2, 0) is 0 Å². The molecule has 0 aliphatic rings. The van der Waals surface area contributed by atoms with E-state index in [0.717, 1.165) is 12.8 Å². The van der Waals surface area contributed by atoms with E-state index >= 15 is 0 Å². The summed E-state index contributed by atoms with van der Waals surface area (Å²) in [5.41, 5.74) is 11.8. The third kappa shape index (κ3) is 42.9. The van der Waals surface area contributed by atoms with Gasteiger partial charge in [-0.3, -0.25) is 0 Å². The number of unbranched alkanes of at least 4 members (excludes halogenated alkanes) is 1. The summed E-state index contributed by atoms with van der Waals surface area (Å²) in [6, 6.07) is 0. The second kappa shape index (κ2) is 33.6. The molecule has 0 aromatic heterocycles. The van der Waals surface area contributed by atoms with E-state index in [9.17, 15) is 0 Å². The molecular formula is C12H32N6O6. The van der Waals surface area contributed by atoms with Crippen LogP contribution in [0.1, 0.15) is 12.8 Å². The van der Waals surface area contributed by atoms with E-state index < -0.39 is 0 Å². The second-order valence-electron chi connectivity index (χ2n) is 3.92. The molecule has 0 saturated carbocycles. The number of hydrogen-bond acceptors (Lipinski definition) is 12. The lowest BCUT2D eigenvalue weighted by atomic mass is 10.3. The molecular weight excluding hydrogens is 324 g/mol. The van der Waals surface area contributed by atoms with Gasteiger partial charge in [-0.1, -0.05) is 24.3 Å². The van der Waals surface area contributed by atoms with Crippen molar-refractivity contribution in [3.63, 3.8) is 0 Å². The van der Waals surface area contributed by atoms with E-state index in [2.05, 4.69) is 0 Å². The van der Waals surface area contributed by atoms with Gasteiger partial charge >= 0.3 is 0 Å². The molecule has 0 aliphatic carbocycles. The van der Waals surface area contributed by atoms with Crippen LogP contribution in [0, 0.1) is 0 Å². The average Bonchev–Trinajstić information content (AvgIpc) is 2.61. The largest absolute Gasteiger partial charge is 0.317 e. The Balaban J connectivity index is -0.000000276. The smallest absolute Gasteiger partial charge is 0.0388 e. The first-order valence-corrected chi connectivity index (χ1v) is 7.26. The molecule has 12 N–H and O–H groups in total. The summed E-state index contributed by atoms with van der Waals surface area (Å²) < 4.78 is 0. The van der Waals surface area contributed by atoms with Crippen molar-refractivity contribution in [2.24, 2.45) is 0 Å². The summed E-state index contributed by atoms with van der Waals surface area (Å²) in [5, 5.41) is 48.0.